The monoisotopic (exact) mass is 891 g/mol. The van der Waals surface area contributed by atoms with Crippen molar-refractivity contribution >= 4 is 95.8 Å². The summed E-state index contributed by atoms with van der Waals surface area (Å²) in [5.41, 5.74) is 0.934. The van der Waals surface area contributed by atoms with Crippen LogP contribution in [-0.4, -0.2) is 43.1 Å². The normalized spacial score (nSPS) is 27.1. The zero-order valence-corrected chi connectivity index (χ0v) is 28.1. The van der Waals surface area contributed by atoms with Crippen molar-refractivity contribution in [1.29, 1.82) is 0 Å². The number of rotatable bonds is 6. The van der Waals surface area contributed by atoms with Crippen LogP contribution >= 0.6 is 67.8 Å². The minimum atomic E-state index is -4.74. The maximum Gasteiger partial charge on any atom is 0.339 e. The molecule has 3 aliphatic rings. The molecule has 0 N–H and O–H groups in total. The third-order valence-corrected chi connectivity index (χ3v) is 12.2. The zero-order chi connectivity index (χ0) is 28.5. The summed E-state index contributed by atoms with van der Waals surface area (Å²) in [5.74, 6) is -4.30. The quantitative estimate of drug-likeness (QED) is 0.132. The molecule has 2 aromatic rings. The van der Waals surface area contributed by atoms with Crippen LogP contribution in [0.2, 0.25) is 0 Å². The van der Waals surface area contributed by atoms with Gasteiger partial charge in [0, 0.05) is 22.5 Å². The lowest BCUT2D eigenvalue weighted by Crippen LogP contribution is -2.44. The van der Waals surface area contributed by atoms with E-state index in [1.54, 1.807) is 19.9 Å². The summed E-state index contributed by atoms with van der Waals surface area (Å²) in [6.07, 6.45) is -0.936. The van der Waals surface area contributed by atoms with Crippen LogP contribution in [-0.2, 0) is 29.2 Å². The predicted molar refractivity (Wildman–Crippen MR) is 161 cm³/mol. The van der Waals surface area contributed by atoms with Gasteiger partial charge >= 0.3 is 17.9 Å². The highest BCUT2D eigenvalue weighted by molar-refractivity contribution is 14.1. The molecule has 13 heteroatoms. The Balaban J connectivity index is 1.43. The molecule has 2 aromatic carbocycles. The molecule has 9 nitrogen and oxygen atoms in total. The van der Waals surface area contributed by atoms with Gasteiger partial charge in [-0.3, -0.25) is 9.59 Å². The Bertz CT molecular complexity index is 1520. The first-order chi connectivity index (χ1) is 18.2. The molecule has 0 amide bonds. The van der Waals surface area contributed by atoms with Crippen LogP contribution in [0.25, 0.3) is 0 Å². The molecular formula is C26H22I3O9S-. The standard InChI is InChI=1S/C26H23I3O9S/c1-9(2)12-8-17(10(3)4-18(12)39(33,34)35)36-25(31)19-13-7-14-20(19)26(32)38-23(14)22(13)37-24(30)15-5-11(27)6-16(28)21(15)29/h4-6,8-9,13-14,19-20,22-23H,7H2,1-3H3,(H,33,34,35)/p-1. The highest BCUT2D eigenvalue weighted by Gasteiger charge is 2.70. The van der Waals surface area contributed by atoms with E-state index in [4.69, 9.17) is 14.2 Å². The highest BCUT2D eigenvalue weighted by atomic mass is 127. The number of carbonyl (C=O) groups is 3. The molecule has 6 atom stereocenters. The molecule has 6 unspecified atom stereocenters. The van der Waals surface area contributed by atoms with Gasteiger partial charge in [-0.05, 0) is 122 Å². The zero-order valence-electron chi connectivity index (χ0n) is 20.8. The first kappa shape index (κ1) is 29.4. The molecular weight excluding hydrogens is 869 g/mol. The molecule has 208 valence electrons. The number of aryl methyl sites for hydroxylation is 1. The van der Waals surface area contributed by atoms with Gasteiger partial charge in [0.15, 0.2) is 0 Å². The third-order valence-electron chi connectivity index (χ3n) is 7.68. The maximum atomic E-state index is 13.5. The van der Waals surface area contributed by atoms with Gasteiger partial charge in [-0.2, -0.15) is 0 Å². The Morgan fingerprint density at radius 1 is 1.10 bits per heavy atom. The third kappa shape index (κ3) is 5.22. The molecule has 1 saturated heterocycles. The van der Waals surface area contributed by atoms with Gasteiger partial charge in [0.1, 0.15) is 28.1 Å². The van der Waals surface area contributed by atoms with Crippen LogP contribution in [0.5, 0.6) is 5.75 Å². The van der Waals surface area contributed by atoms with Crippen molar-refractivity contribution in [3.8, 4) is 5.75 Å². The van der Waals surface area contributed by atoms with Crippen molar-refractivity contribution in [3.63, 3.8) is 0 Å². The second-order valence-electron chi connectivity index (χ2n) is 10.3. The van der Waals surface area contributed by atoms with Crippen molar-refractivity contribution in [2.45, 2.75) is 50.2 Å². The molecule has 1 aliphatic heterocycles. The fourth-order valence-electron chi connectivity index (χ4n) is 5.99. The van der Waals surface area contributed by atoms with E-state index in [2.05, 4.69) is 67.8 Å². The minimum Gasteiger partial charge on any atom is -0.744 e. The van der Waals surface area contributed by atoms with E-state index in [-0.39, 0.29) is 28.0 Å². The van der Waals surface area contributed by atoms with Gasteiger partial charge in [0.25, 0.3) is 0 Å². The van der Waals surface area contributed by atoms with Crippen LogP contribution in [0.4, 0.5) is 0 Å². The van der Waals surface area contributed by atoms with Crippen molar-refractivity contribution < 1.29 is 41.6 Å². The first-order valence-corrected chi connectivity index (χ1v) is 16.7. The molecule has 2 bridgehead atoms. The van der Waals surface area contributed by atoms with Gasteiger partial charge in [-0.15, -0.1) is 0 Å². The molecule has 1 heterocycles. The second-order valence-corrected chi connectivity index (χ2v) is 15.2. The number of hydrogen-bond donors (Lipinski definition) is 0. The number of carbonyl (C=O) groups excluding carboxylic acids is 3. The van der Waals surface area contributed by atoms with Crippen molar-refractivity contribution in [1.82, 2.24) is 0 Å². The lowest BCUT2D eigenvalue weighted by Gasteiger charge is -2.30. The van der Waals surface area contributed by atoms with E-state index in [0.29, 0.717) is 17.5 Å². The van der Waals surface area contributed by atoms with E-state index in [0.717, 1.165) is 10.7 Å². The van der Waals surface area contributed by atoms with Crippen molar-refractivity contribution in [3.05, 3.63) is 51.7 Å². The van der Waals surface area contributed by atoms with Crippen LogP contribution < -0.4 is 4.74 Å². The first-order valence-electron chi connectivity index (χ1n) is 12.1. The van der Waals surface area contributed by atoms with E-state index in [1.807, 2.05) is 6.07 Å². The summed E-state index contributed by atoms with van der Waals surface area (Å²) in [5, 5.41) is 0. The van der Waals surface area contributed by atoms with Crippen LogP contribution in [0.15, 0.2) is 29.2 Å². The van der Waals surface area contributed by atoms with E-state index in [9.17, 15) is 27.4 Å². The molecule has 0 radical (unpaired) electrons. The topological polar surface area (TPSA) is 136 Å². The van der Waals surface area contributed by atoms with Gasteiger partial charge < -0.3 is 18.8 Å². The number of halogens is 3. The molecule has 5 rings (SSSR count). The second kappa shape index (κ2) is 10.7. The minimum absolute atomic E-state index is 0.110. The van der Waals surface area contributed by atoms with Gasteiger partial charge in [-0.1, -0.05) is 13.8 Å². The van der Waals surface area contributed by atoms with Gasteiger partial charge in [-0.25, -0.2) is 13.2 Å². The maximum absolute atomic E-state index is 13.5. The predicted octanol–water partition coefficient (Wildman–Crippen LogP) is 4.77. The average molecular weight is 891 g/mol. The summed E-state index contributed by atoms with van der Waals surface area (Å²) in [6, 6.07) is 6.27. The number of fused-ring (bicyclic) bond motifs is 1. The molecule has 2 saturated carbocycles. The van der Waals surface area contributed by atoms with Crippen molar-refractivity contribution in [2.75, 3.05) is 0 Å². The number of esters is 3. The Labute approximate surface area is 266 Å². The van der Waals surface area contributed by atoms with Crippen LogP contribution in [0.1, 0.15) is 47.7 Å². The SMILES string of the molecule is Cc1cc(S(=O)(=O)[O-])c(C(C)C)cc1OC(=O)C1C2CC3C(OC(=O)C31)C2OC(=O)c1cc(I)cc(I)c1I. The Kier molecular flexibility index (Phi) is 8.04. The van der Waals surface area contributed by atoms with E-state index < -0.39 is 58.0 Å². The summed E-state index contributed by atoms with van der Waals surface area (Å²) in [7, 11) is -4.74. The van der Waals surface area contributed by atoms with Crippen LogP contribution in [0.3, 0.4) is 0 Å². The summed E-state index contributed by atoms with van der Waals surface area (Å²) >= 11 is 6.36. The highest BCUT2D eigenvalue weighted by Crippen LogP contribution is 2.59. The molecule has 3 fully saturated rings. The summed E-state index contributed by atoms with van der Waals surface area (Å²) < 4.78 is 55.2. The van der Waals surface area contributed by atoms with Crippen molar-refractivity contribution in [2.24, 2.45) is 23.7 Å². The molecule has 2 aliphatic carbocycles. The summed E-state index contributed by atoms with van der Waals surface area (Å²) in [4.78, 5) is 39.2. The fourth-order valence-corrected chi connectivity index (χ4v) is 9.27. The average Bonchev–Trinajstić information content (AvgIpc) is 3.45. The Hall–Kier alpha value is -1.05. The summed E-state index contributed by atoms with van der Waals surface area (Å²) in [6.45, 7) is 4.99. The number of ether oxygens (including phenoxy) is 3. The molecule has 0 aromatic heterocycles. The fraction of sp³-hybridized carbons (Fsp3) is 0.423. The molecule has 0 spiro atoms. The number of benzene rings is 2. The number of hydrogen-bond acceptors (Lipinski definition) is 9. The van der Waals surface area contributed by atoms with E-state index in [1.165, 1.54) is 19.1 Å². The lowest BCUT2D eigenvalue weighted by atomic mass is 9.78. The van der Waals surface area contributed by atoms with Gasteiger partial charge in [0.05, 0.1) is 22.3 Å². The van der Waals surface area contributed by atoms with Gasteiger partial charge in [0.2, 0.25) is 0 Å². The molecule has 39 heavy (non-hydrogen) atoms. The van der Waals surface area contributed by atoms with E-state index >= 15 is 0 Å². The largest absolute Gasteiger partial charge is 0.744 e. The Morgan fingerprint density at radius 2 is 1.79 bits per heavy atom. The smallest absolute Gasteiger partial charge is 0.339 e. The Morgan fingerprint density at radius 3 is 2.44 bits per heavy atom. The lowest BCUT2D eigenvalue weighted by molar-refractivity contribution is -0.149. The van der Waals surface area contributed by atoms with Crippen LogP contribution in [0, 0.1) is 41.3 Å².